The second-order valence-corrected chi connectivity index (χ2v) is 5.01. The van der Waals surface area contributed by atoms with Crippen LogP contribution in [0.1, 0.15) is 17.3 Å². The summed E-state index contributed by atoms with van der Waals surface area (Å²) in [6, 6.07) is 15.8. The Morgan fingerprint density at radius 1 is 1.00 bits per heavy atom. The Morgan fingerprint density at radius 3 is 2.17 bits per heavy atom. The van der Waals surface area contributed by atoms with Crippen LogP contribution >= 0.6 is 0 Å². The molecule has 0 saturated heterocycles. The normalized spacial score (nSPS) is 11.4. The van der Waals surface area contributed by atoms with E-state index in [4.69, 9.17) is 4.74 Å². The molecule has 0 aromatic heterocycles. The quantitative estimate of drug-likeness (QED) is 0.797. The molecule has 0 fully saturated rings. The zero-order valence-corrected chi connectivity index (χ0v) is 13.4. The molecule has 0 bridgehead atoms. The molecule has 23 heavy (non-hydrogen) atoms. The molecular weight excluding hydrogens is 294 g/mol. The first-order chi connectivity index (χ1) is 11.0. The molecule has 1 atom stereocenters. The average Bonchev–Trinajstić information content (AvgIpc) is 2.61. The molecule has 0 aliphatic carbocycles. The number of rotatable bonds is 5. The summed E-state index contributed by atoms with van der Waals surface area (Å²) in [4.78, 5) is 25.3. The van der Waals surface area contributed by atoms with E-state index < -0.39 is 12.1 Å². The summed E-state index contributed by atoms with van der Waals surface area (Å²) in [6.07, 6.45) is -0.649. The first kappa shape index (κ1) is 16.5. The van der Waals surface area contributed by atoms with Crippen LogP contribution in [0.4, 0.5) is 5.69 Å². The van der Waals surface area contributed by atoms with Crippen molar-refractivity contribution in [2.45, 2.75) is 13.0 Å². The zero-order valence-electron chi connectivity index (χ0n) is 13.4. The smallest absolute Gasteiger partial charge is 0.337 e. The van der Waals surface area contributed by atoms with Gasteiger partial charge in [0, 0.05) is 12.7 Å². The number of anilines is 1. The Morgan fingerprint density at radius 2 is 1.61 bits per heavy atom. The molecule has 0 saturated carbocycles. The highest BCUT2D eigenvalue weighted by Crippen LogP contribution is 2.17. The van der Waals surface area contributed by atoms with Gasteiger partial charge < -0.3 is 14.4 Å². The number of benzene rings is 2. The van der Waals surface area contributed by atoms with Gasteiger partial charge in [-0.2, -0.15) is 0 Å². The summed E-state index contributed by atoms with van der Waals surface area (Å²) in [5.74, 6) is -0.0577. The van der Waals surface area contributed by atoms with E-state index in [1.807, 2.05) is 30.3 Å². The van der Waals surface area contributed by atoms with E-state index in [1.54, 1.807) is 43.1 Å². The number of carbonyl (C=O) groups excluding carboxylic acids is 2. The molecule has 0 heterocycles. The summed E-state index contributed by atoms with van der Waals surface area (Å²) >= 11 is 0. The molecule has 0 aliphatic rings. The van der Waals surface area contributed by atoms with Crippen LogP contribution in [0.15, 0.2) is 54.6 Å². The molecule has 2 rings (SSSR count). The predicted molar refractivity (Wildman–Crippen MR) is 87.7 cm³/mol. The third-order valence-electron chi connectivity index (χ3n) is 3.41. The van der Waals surface area contributed by atoms with Crippen molar-refractivity contribution in [1.29, 1.82) is 0 Å². The molecule has 0 unspecified atom stereocenters. The lowest BCUT2D eigenvalue weighted by atomic mass is 10.2. The van der Waals surface area contributed by atoms with Crippen LogP contribution in [0.3, 0.4) is 0 Å². The summed E-state index contributed by atoms with van der Waals surface area (Å²) in [7, 11) is 3.03. The second kappa shape index (κ2) is 7.45. The summed E-state index contributed by atoms with van der Waals surface area (Å²) in [5.41, 5.74) is 1.23. The van der Waals surface area contributed by atoms with Crippen molar-refractivity contribution >= 4 is 17.6 Å². The molecule has 2 aromatic rings. The van der Waals surface area contributed by atoms with Gasteiger partial charge in [-0.15, -0.1) is 0 Å². The topological polar surface area (TPSA) is 55.8 Å². The molecule has 5 heteroatoms. The average molecular weight is 313 g/mol. The van der Waals surface area contributed by atoms with Gasteiger partial charge in [-0.25, -0.2) is 4.79 Å². The molecule has 0 aliphatic heterocycles. The van der Waals surface area contributed by atoms with Gasteiger partial charge in [-0.3, -0.25) is 4.79 Å². The number of methoxy groups -OCH3 is 1. The number of amides is 1. The van der Waals surface area contributed by atoms with E-state index in [0.717, 1.165) is 5.69 Å². The summed E-state index contributed by atoms with van der Waals surface area (Å²) in [5, 5.41) is 0. The van der Waals surface area contributed by atoms with Crippen LogP contribution in [0.25, 0.3) is 0 Å². The SMILES string of the molecule is COC(=O)c1ccc(O[C@H](C)C(=O)N(C)c2ccccc2)cc1. The number of esters is 1. The predicted octanol–water partition coefficient (Wildman–Crippen LogP) is 2.90. The number of carbonyl (C=O) groups is 2. The Hall–Kier alpha value is -2.82. The van der Waals surface area contributed by atoms with Crippen molar-refractivity contribution < 1.29 is 19.1 Å². The molecular formula is C18H19NO4. The second-order valence-electron chi connectivity index (χ2n) is 5.01. The molecule has 120 valence electrons. The minimum absolute atomic E-state index is 0.159. The lowest BCUT2D eigenvalue weighted by Crippen LogP contribution is -2.37. The Balaban J connectivity index is 2.02. The first-order valence-corrected chi connectivity index (χ1v) is 7.20. The number of ether oxygens (including phenoxy) is 2. The van der Waals surface area contributed by atoms with Crippen LogP contribution in [0.5, 0.6) is 5.75 Å². The maximum absolute atomic E-state index is 12.4. The van der Waals surface area contributed by atoms with Crippen LogP contribution in [-0.4, -0.2) is 32.1 Å². The lowest BCUT2D eigenvalue weighted by molar-refractivity contribution is -0.124. The number of hydrogen-bond donors (Lipinski definition) is 0. The van der Waals surface area contributed by atoms with E-state index >= 15 is 0 Å². The summed E-state index contributed by atoms with van der Waals surface area (Å²) < 4.78 is 10.3. The van der Waals surface area contributed by atoms with Gasteiger partial charge in [0.2, 0.25) is 0 Å². The van der Waals surface area contributed by atoms with Gasteiger partial charge in [0.1, 0.15) is 5.75 Å². The number of para-hydroxylation sites is 1. The fourth-order valence-electron chi connectivity index (χ4n) is 2.09. The molecule has 0 spiro atoms. The number of likely N-dealkylation sites (N-methyl/N-ethyl adjacent to an activating group) is 1. The van der Waals surface area contributed by atoms with Crippen LogP contribution < -0.4 is 9.64 Å². The summed E-state index contributed by atoms with van der Waals surface area (Å²) in [6.45, 7) is 1.69. The Bertz CT molecular complexity index is 667. The van der Waals surface area contributed by atoms with E-state index in [0.29, 0.717) is 11.3 Å². The van der Waals surface area contributed by atoms with Gasteiger partial charge in [-0.05, 0) is 43.3 Å². The zero-order chi connectivity index (χ0) is 16.8. The minimum Gasteiger partial charge on any atom is -0.481 e. The van der Waals surface area contributed by atoms with Gasteiger partial charge >= 0.3 is 5.97 Å². The van der Waals surface area contributed by atoms with Crippen molar-refractivity contribution in [3.05, 3.63) is 60.2 Å². The number of hydrogen-bond acceptors (Lipinski definition) is 4. The molecule has 0 radical (unpaired) electrons. The largest absolute Gasteiger partial charge is 0.481 e. The third kappa shape index (κ3) is 4.10. The third-order valence-corrected chi connectivity index (χ3v) is 3.41. The first-order valence-electron chi connectivity index (χ1n) is 7.20. The van der Waals surface area contributed by atoms with E-state index in [9.17, 15) is 9.59 Å². The molecule has 5 nitrogen and oxygen atoms in total. The Kier molecular flexibility index (Phi) is 5.36. The van der Waals surface area contributed by atoms with Crippen molar-refractivity contribution in [2.24, 2.45) is 0 Å². The molecule has 2 aromatic carbocycles. The van der Waals surface area contributed by atoms with Gasteiger partial charge in [-0.1, -0.05) is 18.2 Å². The fraction of sp³-hybridized carbons (Fsp3) is 0.222. The van der Waals surface area contributed by atoms with Crippen molar-refractivity contribution in [1.82, 2.24) is 0 Å². The van der Waals surface area contributed by atoms with Gasteiger partial charge in [0.05, 0.1) is 12.7 Å². The van der Waals surface area contributed by atoms with Crippen LogP contribution in [-0.2, 0) is 9.53 Å². The Labute approximate surface area is 135 Å². The van der Waals surface area contributed by atoms with Crippen LogP contribution in [0, 0.1) is 0 Å². The van der Waals surface area contributed by atoms with Crippen molar-refractivity contribution in [3.8, 4) is 5.75 Å². The highest BCUT2D eigenvalue weighted by molar-refractivity contribution is 5.96. The maximum Gasteiger partial charge on any atom is 0.337 e. The van der Waals surface area contributed by atoms with Crippen molar-refractivity contribution in [3.63, 3.8) is 0 Å². The van der Waals surface area contributed by atoms with E-state index in [-0.39, 0.29) is 5.91 Å². The molecule has 1 amide bonds. The minimum atomic E-state index is -0.649. The number of nitrogens with zero attached hydrogens (tertiary/aromatic N) is 1. The van der Waals surface area contributed by atoms with Gasteiger partial charge in [0.15, 0.2) is 6.10 Å². The van der Waals surface area contributed by atoms with Crippen molar-refractivity contribution in [2.75, 3.05) is 19.1 Å². The van der Waals surface area contributed by atoms with E-state index in [2.05, 4.69) is 4.74 Å². The monoisotopic (exact) mass is 313 g/mol. The fourth-order valence-corrected chi connectivity index (χ4v) is 2.09. The van der Waals surface area contributed by atoms with Gasteiger partial charge in [0.25, 0.3) is 5.91 Å². The van der Waals surface area contributed by atoms with Crippen LogP contribution in [0.2, 0.25) is 0 Å². The highest BCUT2D eigenvalue weighted by Gasteiger charge is 2.20. The maximum atomic E-state index is 12.4. The lowest BCUT2D eigenvalue weighted by Gasteiger charge is -2.22. The van der Waals surface area contributed by atoms with E-state index in [1.165, 1.54) is 7.11 Å². The highest BCUT2D eigenvalue weighted by atomic mass is 16.5. The standard InChI is InChI=1S/C18H19NO4/c1-13(17(20)19(2)15-7-5-4-6-8-15)23-16-11-9-14(10-12-16)18(21)22-3/h4-13H,1-3H3/t13-/m1/s1. The molecule has 0 N–H and O–H groups in total.